The molecule has 25 heavy (non-hydrogen) atoms. The maximum atomic E-state index is 11.9. The van der Waals surface area contributed by atoms with Crippen molar-refractivity contribution >= 4 is 11.8 Å². The van der Waals surface area contributed by atoms with Gasteiger partial charge in [0.2, 0.25) is 0 Å². The number of allylic oxidation sites excluding steroid dienone is 6. The second-order valence-electron chi connectivity index (χ2n) is 9.18. The fourth-order valence-electron chi connectivity index (χ4n) is 6.62. The van der Waals surface area contributed by atoms with E-state index in [9.17, 15) is 9.59 Å². The van der Waals surface area contributed by atoms with Gasteiger partial charge in [-0.1, -0.05) is 37.6 Å². The molecule has 5 aliphatic rings. The molecule has 0 unspecified atom stereocenters. The molecule has 0 aromatic rings. The van der Waals surface area contributed by atoms with E-state index in [0.29, 0.717) is 24.7 Å². The summed E-state index contributed by atoms with van der Waals surface area (Å²) in [5.41, 5.74) is 2.51. The highest BCUT2D eigenvalue weighted by Crippen LogP contribution is 2.66. The quantitative estimate of drug-likeness (QED) is 0.489. The molecule has 1 heterocycles. The molecule has 2 fully saturated rings. The Labute approximate surface area is 149 Å². The van der Waals surface area contributed by atoms with Gasteiger partial charge in [0.15, 0.2) is 5.78 Å². The standard InChI is InChI=1S/C22H26O3/c1-20-9-5-15(23)13-14(20)3-4-16-17(20)6-10-21(2)18(16)7-11-22(21)12-8-19(24)25-22/h3-4,6,13,16,18H,5,7-12H2,1-2H3/t16-,18-,20-,21-,22+/m0/s1. The van der Waals surface area contributed by atoms with Gasteiger partial charge in [-0.15, -0.1) is 0 Å². The van der Waals surface area contributed by atoms with E-state index in [1.54, 1.807) is 0 Å². The number of hydrogen-bond donors (Lipinski definition) is 0. The number of rotatable bonds is 0. The van der Waals surface area contributed by atoms with Crippen molar-refractivity contribution in [3.05, 3.63) is 35.5 Å². The summed E-state index contributed by atoms with van der Waals surface area (Å²) in [5.74, 6) is 1.20. The lowest BCUT2D eigenvalue weighted by Gasteiger charge is -2.52. The van der Waals surface area contributed by atoms with E-state index < -0.39 is 0 Å². The molecule has 1 aliphatic heterocycles. The normalized spacial score (nSPS) is 47.8. The fraction of sp³-hybridized carbons (Fsp3) is 0.636. The molecule has 5 rings (SSSR count). The third-order valence-electron chi connectivity index (χ3n) is 8.24. The second kappa shape index (κ2) is 4.75. The Morgan fingerprint density at radius 1 is 1.12 bits per heavy atom. The van der Waals surface area contributed by atoms with E-state index in [1.165, 1.54) is 11.1 Å². The van der Waals surface area contributed by atoms with Gasteiger partial charge >= 0.3 is 5.97 Å². The lowest BCUT2D eigenvalue weighted by atomic mass is 9.52. The van der Waals surface area contributed by atoms with Crippen LogP contribution in [0.25, 0.3) is 0 Å². The van der Waals surface area contributed by atoms with Crippen LogP contribution >= 0.6 is 0 Å². The SMILES string of the molecule is C[C@]12CCC(=O)C=C1C=C[C@H]1C2=CC[C@@]2(C)[C@H]1CC[C@@]21CCC(=O)O1. The first-order valence-corrected chi connectivity index (χ1v) is 9.74. The lowest BCUT2D eigenvalue weighted by molar-refractivity contribution is -0.159. The molecule has 5 atom stereocenters. The van der Waals surface area contributed by atoms with E-state index in [0.717, 1.165) is 32.1 Å². The molecular weight excluding hydrogens is 312 g/mol. The maximum absolute atomic E-state index is 11.9. The van der Waals surface area contributed by atoms with Gasteiger partial charge in [-0.2, -0.15) is 0 Å². The molecule has 1 saturated carbocycles. The Kier molecular flexibility index (Phi) is 2.96. The van der Waals surface area contributed by atoms with E-state index in [2.05, 4.69) is 32.1 Å². The Morgan fingerprint density at radius 2 is 1.96 bits per heavy atom. The molecule has 0 bridgehead atoms. The van der Waals surface area contributed by atoms with Crippen molar-refractivity contribution in [3.8, 4) is 0 Å². The van der Waals surface area contributed by atoms with E-state index in [1.807, 2.05) is 6.08 Å². The zero-order valence-electron chi connectivity index (χ0n) is 15.1. The highest BCUT2D eigenvalue weighted by Gasteiger charge is 2.64. The first-order chi connectivity index (χ1) is 11.9. The molecule has 0 aromatic carbocycles. The fourth-order valence-corrected chi connectivity index (χ4v) is 6.62. The van der Waals surface area contributed by atoms with Gasteiger partial charge in [-0.05, 0) is 49.7 Å². The van der Waals surface area contributed by atoms with Crippen molar-refractivity contribution in [3.63, 3.8) is 0 Å². The van der Waals surface area contributed by atoms with Gasteiger partial charge < -0.3 is 4.74 Å². The van der Waals surface area contributed by atoms with E-state index >= 15 is 0 Å². The Bertz CT molecular complexity index is 772. The number of carbonyl (C=O) groups excluding carboxylic acids is 2. The van der Waals surface area contributed by atoms with Gasteiger partial charge in [0.1, 0.15) is 5.60 Å². The molecule has 3 nitrogen and oxygen atoms in total. The largest absolute Gasteiger partial charge is 0.458 e. The predicted octanol–water partition coefficient (Wildman–Crippen LogP) is 4.29. The van der Waals surface area contributed by atoms with Crippen LogP contribution in [0.15, 0.2) is 35.5 Å². The van der Waals surface area contributed by atoms with Crippen molar-refractivity contribution < 1.29 is 14.3 Å². The predicted molar refractivity (Wildman–Crippen MR) is 94.6 cm³/mol. The molecule has 4 aliphatic carbocycles. The van der Waals surface area contributed by atoms with Crippen LogP contribution in [-0.4, -0.2) is 17.4 Å². The monoisotopic (exact) mass is 338 g/mol. The van der Waals surface area contributed by atoms with Crippen molar-refractivity contribution in [2.45, 2.75) is 64.4 Å². The lowest BCUT2D eigenvalue weighted by Crippen LogP contribution is -2.50. The third kappa shape index (κ3) is 1.82. The summed E-state index contributed by atoms with van der Waals surface area (Å²) >= 11 is 0. The topological polar surface area (TPSA) is 43.4 Å². The summed E-state index contributed by atoms with van der Waals surface area (Å²) in [6, 6.07) is 0. The molecule has 132 valence electrons. The van der Waals surface area contributed by atoms with Crippen molar-refractivity contribution in [1.82, 2.24) is 0 Å². The third-order valence-corrected chi connectivity index (χ3v) is 8.24. The van der Waals surface area contributed by atoms with Gasteiger partial charge in [0.05, 0.1) is 0 Å². The first kappa shape index (κ1) is 15.6. The minimum absolute atomic E-state index is 0.0107. The number of esters is 1. The van der Waals surface area contributed by atoms with Gasteiger partial charge in [-0.3, -0.25) is 9.59 Å². The van der Waals surface area contributed by atoms with Crippen LogP contribution in [0.2, 0.25) is 0 Å². The maximum Gasteiger partial charge on any atom is 0.306 e. The molecular formula is C22H26O3. The molecule has 1 saturated heterocycles. The Morgan fingerprint density at radius 3 is 2.72 bits per heavy atom. The minimum Gasteiger partial charge on any atom is -0.458 e. The van der Waals surface area contributed by atoms with Gasteiger partial charge in [-0.25, -0.2) is 0 Å². The second-order valence-corrected chi connectivity index (χ2v) is 9.18. The molecule has 0 radical (unpaired) electrons. The number of carbonyl (C=O) groups is 2. The molecule has 1 spiro atoms. The highest BCUT2D eigenvalue weighted by atomic mass is 16.6. The average Bonchev–Trinajstić information content (AvgIpc) is 3.10. The molecule has 0 aromatic heterocycles. The summed E-state index contributed by atoms with van der Waals surface area (Å²) in [5, 5.41) is 0. The van der Waals surface area contributed by atoms with Gasteiger partial charge in [0, 0.05) is 29.6 Å². The number of fused-ring (bicyclic) bond motifs is 6. The summed E-state index contributed by atoms with van der Waals surface area (Å²) < 4.78 is 5.96. The number of ketones is 1. The Balaban J connectivity index is 1.58. The Hall–Kier alpha value is -1.64. The minimum atomic E-state index is -0.246. The molecule has 3 heteroatoms. The molecule has 0 N–H and O–H groups in total. The summed E-state index contributed by atoms with van der Waals surface area (Å²) in [7, 11) is 0. The van der Waals surface area contributed by atoms with Gasteiger partial charge in [0.25, 0.3) is 0 Å². The van der Waals surface area contributed by atoms with Crippen molar-refractivity contribution in [2.75, 3.05) is 0 Å². The summed E-state index contributed by atoms with van der Waals surface area (Å²) in [4.78, 5) is 23.8. The van der Waals surface area contributed by atoms with Crippen LogP contribution in [-0.2, 0) is 14.3 Å². The van der Waals surface area contributed by atoms with E-state index in [-0.39, 0.29) is 28.2 Å². The van der Waals surface area contributed by atoms with Crippen LogP contribution in [0.3, 0.4) is 0 Å². The van der Waals surface area contributed by atoms with Crippen molar-refractivity contribution in [1.29, 1.82) is 0 Å². The van der Waals surface area contributed by atoms with Crippen LogP contribution in [0.1, 0.15) is 58.8 Å². The van der Waals surface area contributed by atoms with Crippen LogP contribution < -0.4 is 0 Å². The summed E-state index contributed by atoms with van der Waals surface area (Å²) in [6.07, 6.45) is 15.0. The van der Waals surface area contributed by atoms with Crippen LogP contribution in [0.4, 0.5) is 0 Å². The zero-order chi connectivity index (χ0) is 17.4. The van der Waals surface area contributed by atoms with Crippen LogP contribution in [0.5, 0.6) is 0 Å². The number of hydrogen-bond acceptors (Lipinski definition) is 3. The van der Waals surface area contributed by atoms with Crippen LogP contribution in [0, 0.1) is 22.7 Å². The molecule has 0 amide bonds. The number of ether oxygens (including phenoxy) is 1. The summed E-state index contributed by atoms with van der Waals surface area (Å²) in [6.45, 7) is 4.67. The van der Waals surface area contributed by atoms with E-state index in [4.69, 9.17) is 4.74 Å². The van der Waals surface area contributed by atoms with Crippen molar-refractivity contribution in [2.24, 2.45) is 22.7 Å². The zero-order valence-corrected chi connectivity index (χ0v) is 15.1. The average molecular weight is 338 g/mol. The smallest absolute Gasteiger partial charge is 0.306 e. The highest BCUT2D eigenvalue weighted by molar-refractivity contribution is 5.92. The first-order valence-electron chi connectivity index (χ1n) is 9.74.